The fourth-order valence-electron chi connectivity index (χ4n) is 3.10. The number of halogens is 2. The lowest BCUT2D eigenvalue weighted by molar-refractivity contribution is 0.409. The quantitative estimate of drug-likeness (QED) is 0.518. The van der Waals surface area contributed by atoms with Gasteiger partial charge in [-0.25, -0.2) is 19.3 Å². The van der Waals surface area contributed by atoms with Gasteiger partial charge in [0.1, 0.15) is 23.4 Å². The van der Waals surface area contributed by atoms with E-state index in [1.165, 1.54) is 12.4 Å². The van der Waals surface area contributed by atoms with Crippen molar-refractivity contribution in [1.29, 1.82) is 0 Å². The first kappa shape index (κ1) is 18.1. The number of benzene rings is 1. The van der Waals surface area contributed by atoms with Gasteiger partial charge in [0, 0.05) is 27.9 Å². The third-order valence-corrected chi connectivity index (χ3v) is 4.56. The Balaban J connectivity index is 1.77. The van der Waals surface area contributed by atoms with Crippen molar-refractivity contribution in [1.82, 2.24) is 24.9 Å². The molecule has 4 rings (SSSR count). The minimum Gasteiger partial charge on any atom is -0.496 e. The number of hydrogen-bond acceptors (Lipinski definition) is 6. The fourth-order valence-corrected chi connectivity index (χ4v) is 3.32. The highest BCUT2D eigenvalue weighted by molar-refractivity contribution is 6.31. The number of nitrogens with one attached hydrogen (secondary N) is 2. The molecule has 0 aliphatic rings. The van der Waals surface area contributed by atoms with Gasteiger partial charge in [0.25, 0.3) is 0 Å². The van der Waals surface area contributed by atoms with E-state index in [0.29, 0.717) is 38.9 Å². The third-order valence-electron chi connectivity index (χ3n) is 4.35. The van der Waals surface area contributed by atoms with Crippen molar-refractivity contribution in [3.8, 4) is 16.9 Å². The van der Waals surface area contributed by atoms with Crippen molar-refractivity contribution in [2.75, 3.05) is 12.4 Å². The Kier molecular flexibility index (Phi) is 4.79. The molecule has 0 aliphatic carbocycles. The number of anilines is 1. The van der Waals surface area contributed by atoms with E-state index >= 15 is 0 Å². The number of hydrogen-bond donors (Lipinski definition) is 2. The number of nitrogens with zero attached hydrogens (tertiary/aromatic N) is 4. The Morgan fingerprint density at radius 2 is 2.04 bits per heavy atom. The number of imidazole rings is 1. The van der Waals surface area contributed by atoms with Crippen LogP contribution in [0.5, 0.6) is 5.75 Å². The van der Waals surface area contributed by atoms with E-state index in [1.807, 2.05) is 6.92 Å². The molecular weight excluding hydrogens is 383 g/mol. The van der Waals surface area contributed by atoms with Crippen molar-refractivity contribution >= 4 is 28.6 Å². The first-order valence-corrected chi connectivity index (χ1v) is 8.83. The van der Waals surface area contributed by atoms with Gasteiger partial charge in [0.2, 0.25) is 0 Å². The summed E-state index contributed by atoms with van der Waals surface area (Å²) in [6, 6.07) is 4.70. The molecule has 9 heteroatoms. The number of H-pyrrole nitrogens is 1. The average Bonchev–Trinajstić information content (AvgIpc) is 3.17. The summed E-state index contributed by atoms with van der Waals surface area (Å²) in [4.78, 5) is 19.5. The standard InChI is InChI=1S/C19H16ClFN6O/c1-10(27-19-16-18(24-8-23-16)25-9-26-19)14-4-12(20)5-15(17(14)28-2)11-3-13(21)7-22-6-11/h3-10H,1-2H3,(H2,23,24,25,26,27). The summed E-state index contributed by atoms with van der Waals surface area (Å²) in [7, 11) is 1.56. The summed E-state index contributed by atoms with van der Waals surface area (Å²) in [5.74, 6) is 0.743. The van der Waals surface area contributed by atoms with Crippen molar-refractivity contribution in [2.45, 2.75) is 13.0 Å². The van der Waals surface area contributed by atoms with E-state index in [4.69, 9.17) is 16.3 Å². The molecule has 3 heterocycles. The van der Waals surface area contributed by atoms with Crippen molar-refractivity contribution in [3.05, 3.63) is 59.7 Å². The van der Waals surface area contributed by atoms with Crippen LogP contribution in [-0.2, 0) is 0 Å². The smallest absolute Gasteiger partial charge is 0.182 e. The lowest BCUT2D eigenvalue weighted by Crippen LogP contribution is -2.10. The SMILES string of the molecule is COc1c(-c2cncc(F)c2)cc(Cl)cc1C(C)Nc1ncnc2nc[nH]c12. The van der Waals surface area contributed by atoms with E-state index in [0.717, 1.165) is 11.8 Å². The van der Waals surface area contributed by atoms with Gasteiger partial charge in [0.05, 0.1) is 25.7 Å². The van der Waals surface area contributed by atoms with Gasteiger partial charge in [0.15, 0.2) is 11.5 Å². The van der Waals surface area contributed by atoms with Crippen molar-refractivity contribution in [2.24, 2.45) is 0 Å². The average molecular weight is 399 g/mol. The maximum absolute atomic E-state index is 13.7. The molecule has 7 nitrogen and oxygen atoms in total. The highest BCUT2D eigenvalue weighted by Crippen LogP contribution is 2.39. The van der Waals surface area contributed by atoms with Gasteiger partial charge < -0.3 is 15.0 Å². The highest BCUT2D eigenvalue weighted by atomic mass is 35.5. The van der Waals surface area contributed by atoms with Crippen LogP contribution in [0.2, 0.25) is 5.02 Å². The predicted molar refractivity (Wildman–Crippen MR) is 105 cm³/mol. The molecule has 0 bridgehead atoms. The van der Waals surface area contributed by atoms with Gasteiger partial charge in [-0.15, -0.1) is 0 Å². The van der Waals surface area contributed by atoms with Crippen molar-refractivity contribution in [3.63, 3.8) is 0 Å². The number of pyridine rings is 1. The summed E-state index contributed by atoms with van der Waals surface area (Å²) >= 11 is 6.35. The van der Waals surface area contributed by atoms with E-state index < -0.39 is 5.82 Å². The second-order valence-electron chi connectivity index (χ2n) is 6.16. The Hall–Kier alpha value is -3.26. The van der Waals surface area contributed by atoms with Gasteiger partial charge in [-0.1, -0.05) is 11.6 Å². The van der Waals surface area contributed by atoms with Crippen LogP contribution in [0.3, 0.4) is 0 Å². The fraction of sp³-hybridized carbons (Fsp3) is 0.158. The zero-order valence-corrected chi connectivity index (χ0v) is 15.8. The van der Waals surface area contributed by atoms with E-state index in [9.17, 15) is 4.39 Å². The zero-order chi connectivity index (χ0) is 19.7. The maximum atomic E-state index is 13.7. The summed E-state index contributed by atoms with van der Waals surface area (Å²) in [6.45, 7) is 1.95. The number of rotatable bonds is 5. The van der Waals surface area contributed by atoms with Crippen LogP contribution in [-0.4, -0.2) is 32.0 Å². The molecule has 0 aliphatic heterocycles. The van der Waals surface area contributed by atoms with E-state index in [1.54, 1.807) is 31.8 Å². The van der Waals surface area contributed by atoms with Gasteiger partial charge >= 0.3 is 0 Å². The van der Waals surface area contributed by atoms with Gasteiger partial charge in [-0.3, -0.25) is 4.98 Å². The topological polar surface area (TPSA) is 88.6 Å². The third kappa shape index (κ3) is 3.34. The molecule has 4 aromatic rings. The molecule has 0 saturated heterocycles. The lowest BCUT2D eigenvalue weighted by Gasteiger charge is -2.21. The Morgan fingerprint density at radius 3 is 2.82 bits per heavy atom. The summed E-state index contributed by atoms with van der Waals surface area (Å²) in [5.41, 5.74) is 3.28. The first-order valence-electron chi connectivity index (χ1n) is 8.45. The maximum Gasteiger partial charge on any atom is 0.182 e. The predicted octanol–water partition coefficient (Wildman–Crippen LogP) is 4.39. The van der Waals surface area contributed by atoms with E-state index in [2.05, 4.69) is 30.2 Å². The zero-order valence-electron chi connectivity index (χ0n) is 15.1. The normalized spacial score (nSPS) is 12.1. The van der Waals surface area contributed by atoms with Crippen LogP contribution in [0.4, 0.5) is 10.2 Å². The van der Waals surface area contributed by atoms with Gasteiger partial charge in [-0.2, -0.15) is 0 Å². The minimum atomic E-state index is -0.435. The molecule has 1 atom stereocenters. The second-order valence-corrected chi connectivity index (χ2v) is 6.59. The summed E-state index contributed by atoms with van der Waals surface area (Å²) in [5, 5.41) is 3.83. The van der Waals surface area contributed by atoms with Gasteiger partial charge in [-0.05, 0) is 25.1 Å². The second kappa shape index (κ2) is 7.40. The van der Waals surface area contributed by atoms with Crippen LogP contribution in [0.25, 0.3) is 22.3 Å². The molecule has 0 spiro atoms. The molecule has 0 radical (unpaired) electrons. The van der Waals surface area contributed by atoms with Crippen LogP contribution >= 0.6 is 11.6 Å². The molecule has 28 heavy (non-hydrogen) atoms. The molecule has 142 valence electrons. The van der Waals surface area contributed by atoms with E-state index in [-0.39, 0.29) is 6.04 Å². The lowest BCUT2D eigenvalue weighted by atomic mass is 9.99. The Labute approximate surface area is 165 Å². The molecular formula is C19H16ClFN6O. The van der Waals surface area contributed by atoms with Crippen LogP contribution in [0.15, 0.2) is 43.2 Å². The molecule has 1 unspecified atom stereocenters. The number of fused-ring (bicyclic) bond motifs is 1. The molecule has 3 aromatic heterocycles. The number of aromatic amines is 1. The monoisotopic (exact) mass is 398 g/mol. The van der Waals surface area contributed by atoms with Crippen LogP contribution < -0.4 is 10.1 Å². The number of ether oxygens (including phenoxy) is 1. The summed E-state index contributed by atoms with van der Waals surface area (Å²) < 4.78 is 19.3. The Bertz CT molecular complexity index is 1150. The number of methoxy groups -OCH3 is 1. The van der Waals surface area contributed by atoms with Crippen molar-refractivity contribution < 1.29 is 9.13 Å². The summed E-state index contributed by atoms with van der Waals surface area (Å²) in [6.07, 6.45) is 5.72. The molecule has 0 fully saturated rings. The number of aromatic nitrogens is 5. The molecule has 1 aromatic carbocycles. The Morgan fingerprint density at radius 1 is 1.18 bits per heavy atom. The molecule has 0 saturated carbocycles. The first-order chi connectivity index (χ1) is 13.6. The van der Waals surface area contributed by atoms with Crippen LogP contribution in [0.1, 0.15) is 18.5 Å². The molecule has 0 amide bonds. The largest absolute Gasteiger partial charge is 0.496 e. The molecule has 2 N–H and O–H groups in total. The minimum absolute atomic E-state index is 0.227. The highest BCUT2D eigenvalue weighted by Gasteiger charge is 2.19. The van der Waals surface area contributed by atoms with Crippen LogP contribution in [0, 0.1) is 5.82 Å².